The Morgan fingerprint density at radius 3 is 1.00 bits per heavy atom. The van der Waals surface area contributed by atoms with E-state index in [-0.39, 0.29) is 0 Å². The summed E-state index contributed by atoms with van der Waals surface area (Å²) >= 11 is 0. The normalized spacial score (nSPS) is 13.3. The molecular formula is C24H44N2Si4. The first-order valence-electron chi connectivity index (χ1n) is 11.2. The van der Waals surface area contributed by atoms with E-state index in [9.17, 15) is 0 Å². The van der Waals surface area contributed by atoms with Crippen LogP contribution >= 0.6 is 0 Å². The predicted molar refractivity (Wildman–Crippen MR) is 152 cm³/mol. The van der Waals surface area contributed by atoms with Crippen molar-refractivity contribution in [2.45, 2.75) is 78.6 Å². The molecule has 0 heterocycles. The molecule has 0 aliphatic heterocycles. The summed E-state index contributed by atoms with van der Waals surface area (Å²) in [7, 11) is -5.74. The zero-order valence-corrected chi connectivity index (χ0v) is 25.5. The van der Waals surface area contributed by atoms with Gasteiger partial charge in [-0.3, -0.25) is 0 Å². The molecule has 166 valence electrons. The van der Waals surface area contributed by atoms with Crippen LogP contribution in [-0.2, 0) is 0 Å². The number of hydrogen-bond donors (Lipinski definition) is 2. The van der Waals surface area contributed by atoms with Crippen molar-refractivity contribution >= 4 is 54.4 Å². The molecule has 2 rings (SSSR count). The molecule has 0 radical (unpaired) electrons. The Hall–Kier alpha value is -1.09. The zero-order valence-electron chi connectivity index (χ0n) is 21.5. The predicted octanol–water partition coefficient (Wildman–Crippen LogP) is 6.94. The molecule has 0 aromatic heterocycles. The Morgan fingerprint density at radius 1 is 0.467 bits per heavy atom. The SMILES string of the molecule is C[Si](C)(C)Nc1ccc(-c2ccc(N[Si](C)(C)C)c([Si](C)(C)C)c2)cc1[Si](C)(C)C. The lowest BCUT2D eigenvalue weighted by Crippen LogP contribution is -2.44. The summed E-state index contributed by atoms with van der Waals surface area (Å²) in [6.07, 6.45) is 0. The molecule has 2 nitrogen and oxygen atoms in total. The standard InChI is InChI=1S/C24H44N2Si4/c1-27(2,3)23-17-19(13-15-21(23)25-29(7,8)9)20-14-16-22(26-30(10,11)12)24(18-20)28(4,5)6/h13-18,25-26H,1-12H3. The highest BCUT2D eigenvalue weighted by atomic mass is 28.3. The van der Waals surface area contributed by atoms with Gasteiger partial charge < -0.3 is 9.96 Å². The smallest absolute Gasteiger partial charge is 0.144 e. The van der Waals surface area contributed by atoms with Crippen LogP contribution in [0.3, 0.4) is 0 Å². The first kappa shape index (κ1) is 25.2. The minimum Gasteiger partial charge on any atom is -0.411 e. The molecule has 0 saturated carbocycles. The number of hydrogen-bond acceptors (Lipinski definition) is 2. The van der Waals surface area contributed by atoms with Crippen LogP contribution in [0.4, 0.5) is 11.4 Å². The number of benzene rings is 2. The quantitative estimate of drug-likeness (QED) is 0.426. The molecular weight excluding hydrogens is 429 g/mol. The minimum atomic E-state index is -1.47. The molecule has 30 heavy (non-hydrogen) atoms. The third-order valence-corrected chi connectivity index (χ3v) is 11.1. The van der Waals surface area contributed by atoms with Crippen molar-refractivity contribution in [2.24, 2.45) is 0 Å². The lowest BCUT2D eigenvalue weighted by atomic mass is 10.0. The van der Waals surface area contributed by atoms with Gasteiger partial charge in [0.15, 0.2) is 0 Å². The van der Waals surface area contributed by atoms with Crippen molar-refractivity contribution in [3.63, 3.8) is 0 Å². The fourth-order valence-corrected chi connectivity index (χ4v) is 9.10. The van der Waals surface area contributed by atoms with Gasteiger partial charge in [0.2, 0.25) is 0 Å². The van der Waals surface area contributed by atoms with E-state index in [1.165, 1.54) is 22.5 Å². The Bertz CT molecular complexity index is 820. The van der Waals surface area contributed by atoms with Crippen LogP contribution in [0, 0.1) is 0 Å². The molecule has 0 aliphatic carbocycles. The molecule has 0 spiro atoms. The largest absolute Gasteiger partial charge is 0.411 e. The van der Waals surface area contributed by atoms with Gasteiger partial charge in [-0.25, -0.2) is 0 Å². The lowest BCUT2D eigenvalue weighted by molar-refractivity contribution is 1.55. The summed E-state index contributed by atoms with van der Waals surface area (Å²) in [5.74, 6) is 0. The molecule has 0 unspecified atom stereocenters. The van der Waals surface area contributed by atoms with Crippen molar-refractivity contribution in [2.75, 3.05) is 9.96 Å². The van der Waals surface area contributed by atoms with E-state index in [0.717, 1.165) is 0 Å². The van der Waals surface area contributed by atoms with Gasteiger partial charge in [0.05, 0.1) is 16.1 Å². The van der Waals surface area contributed by atoms with Gasteiger partial charge in [0.1, 0.15) is 16.5 Å². The van der Waals surface area contributed by atoms with Crippen molar-refractivity contribution in [3.8, 4) is 11.1 Å². The topological polar surface area (TPSA) is 24.1 Å². The van der Waals surface area contributed by atoms with E-state index in [1.807, 2.05) is 0 Å². The monoisotopic (exact) mass is 472 g/mol. The van der Waals surface area contributed by atoms with Gasteiger partial charge in [0.25, 0.3) is 0 Å². The van der Waals surface area contributed by atoms with Crippen molar-refractivity contribution in [1.82, 2.24) is 0 Å². The molecule has 2 N–H and O–H groups in total. The zero-order chi connectivity index (χ0) is 23.1. The summed E-state index contributed by atoms with van der Waals surface area (Å²) in [6, 6.07) is 14.3. The fourth-order valence-electron chi connectivity index (χ4n) is 3.71. The average Bonchev–Trinajstić information content (AvgIpc) is 2.50. The van der Waals surface area contributed by atoms with Gasteiger partial charge in [-0.2, -0.15) is 0 Å². The Kier molecular flexibility index (Phi) is 7.09. The molecule has 0 atom stereocenters. The average molecular weight is 473 g/mol. The second kappa shape index (κ2) is 8.45. The molecule has 0 amide bonds. The van der Waals surface area contributed by atoms with E-state index in [4.69, 9.17) is 0 Å². The highest BCUT2D eigenvalue weighted by molar-refractivity contribution is 6.91. The second-order valence-electron chi connectivity index (χ2n) is 12.8. The fraction of sp³-hybridized carbons (Fsp3) is 0.500. The minimum absolute atomic E-state index is 1.35. The van der Waals surface area contributed by atoms with Crippen molar-refractivity contribution in [1.29, 1.82) is 0 Å². The van der Waals surface area contributed by atoms with Gasteiger partial charge in [-0.1, -0.05) is 103 Å². The highest BCUT2D eigenvalue weighted by Gasteiger charge is 2.26. The molecule has 2 aromatic rings. The molecule has 0 bridgehead atoms. The lowest BCUT2D eigenvalue weighted by Gasteiger charge is -2.29. The Morgan fingerprint density at radius 2 is 0.767 bits per heavy atom. The maximum absolute atomic E-state index is 3.88. The molecule has 0 fully saturated rings. The maximum Gasteiger partial charge on any atom is 0.144 e. The van der Waals surface area contributed by atoms with E-state index in [0.29, 0.717) is 0 Å². The first-order chi connectivity index (χ1) is 13.4. The van der Waals surface area contributed by atoms with Crippen LogP contribution in [0.15, 0.2) is 36.4 Å². The summed E-state index contributed by atoms with van der Waals surface area (Å²) in [5.41, 5.74) is 5.43. The Labute approximate surface area is 190 Å². The molecule has 6 heteroatoms. The Balaban J connectivity index is 2.61. The van der Waals surface area contributed by atoms with E-state index in [2.05, 4.69) is 125 Å². The first-order valence-corrected chi connectivity index (χ1v) is 25.2. The van der Waals surface area contributed by atoms with Crippen LogP contribution in [0.2, 0.25) is 78.6 Å². The van der Waals surface area contributed by atoms with Gasteiger partial charge in [-0.05, 0) is 33.6 Å². The summed E-state index contributed by atoms with van der Waals surface area (Å²) in [6.45, 7) is 29.0. The molecule has 0 aliphatic rings. The number of anilines is 2. The maximum atomic E-state index is 3.88. The van der Waals surface area contributed by atoms with Gasteiger partial charge in [-0.15, -0.1) is 0 Å². The number of rotatable bonds is 7. The summed E-state index contributed by atoms with van der Waals surface area (Å²) in [5, 5.41) is 3.09. The van der Waals surface area contributed by atoms with Crippen molar-refractivity contribution < 1.29 is 0 Å². The van der Waals surface area contributed by atoms with Crippen LogP contribution < -0.4 is 20.3 Å². The molecule has 2 aromatic carbocycles. The van der Waals surface area contributed by atoms with Crippen molar-refractivity contribution in [3.05, 3.63) is 36.4 Å². The van der Waals surface area contributed by atoms with E-state index >= 15 is 0 Å². The second-order valence-corrected chi connectivity index (χ2v) is 32.3. The highest BCUT2D eigenvalue weighted by Crippen LogP contribution is 2.26. The summed E-state index contributed by atoms with van der Waals surface area (Å²) < 4.78 is 0. The van der Waals surface area contributed by atoms with Gasteiger partial charge >= 0.3 is 0 Å². The van der Waals surface area contributed by atoms with E-state index < -0.39 is 32.6 Å². The molecule has 0 saturated heterocycles. The van der Waals surface area contributed by atoms with Crippen LogP contribution in [0.1, 0.15) is 0 Å². The summed E-state index contributed by atoms with van der Waals surface area (Å²) in [4.78, 5) is 7.76. The van der Waals surface area contributed by atoms with Crippen LogP contribution in [0.5, 0.6) is 0 Å². The van der Waals surface area contributed by atoms with E-state index in [1.54, 1.807) is 10.4 Å². The third kappa shape index (κ3) is 6.97. The van der Waals surface area contributed by atoms with Crippen LogP contribution in [-0.4, -0.2) is 32.6 Å². The van der Waals surface area contributed by atoms with Gasteiger partial charge in [0, 0.05) is 11.4 Å². The third-order valence-electron chi connectivity index (χ3n) is 5.01. The van der Waals surface area contributed by atoms with Crippen LogP contribution in [0.25, 0.3) is 11.1 Å². The number of nitrogens with one attached hydrogen (secondary N) is 2.